The molecule has 10 heteroatoms. The van der Waals surface area contributed by atoms with Crippen molar-refractivity contribution in [1.82, 2.24) is 25.2 Å². The van der Waals surface area contributed by atoms with Crippen molar-refractivity contribution in [3.05, 3.63) is 50.7 Å². The van der Waals surface area contributed by atoms with Gasteiger partial charge in [-0.3, -0.25) is 10.1 Å². The van der Waals surface area contributed by atoms with Crippen LogP contribution in [0.2, 0.25) is 0 Å². The van der Waals surface area contributed by atoms with E-state index >= 15 is 0 Å². The lowest BCUT2D eigenvalue weighted by Crippen LogP contribution is -2.03. The number of aromatic nitrogens is 5. The Morgan fingerprint density at radius 2 is 2.30 bits per heavy atom. The van der Waals surface area contributed by atoms with Gasteiger partial charge in [-0.1, -0.05) is 6.92 Å². The molecule has 0 aliphatic heterocycles. The Balaban J connectivity index is 1.87. The van der Waals surface area contributed by atoms with Crippen molar-refractivity contribution in [3.63, 3.8) is 0 Å². The lowest BCUT2D eigenvalue weighted by Gasteiger charge is -2.09. The van der Waals surface area contributed by atoms with Gasteiger partial charge in [0.05, 0.1) is 15.6 Å². The molecule has 0 bridgehead atoms. The molecule has 0 saturated carbocycles. The van der Waals surface area contributed by atoms with Crippen LogP contribution in [0.4, 0.5) is 5.69 Å². The molecule has 0 fully saturated rings. The van der Waals surface area contributed by atoms with Crippen molar-refractivity contribution in [3.8, 4) is 11.4 Å². The van der Waals surface area contributed by atoms with Crippen LogP contribution in [0.5, 0.6) is 5.75 Å². The maximum absolute atomic E-state index is 10.9. The maximum Gasteiger partial charge on any atom is 0.271 e. The van der Waals surface area contributed by atoms with Crippen molar-refractivity contribution in [1.29, 1.82) is 0 Å². The molecule has 2 heterocycles. The summed E-state index contributed by atoms with van der Waals surface area (Å²) in [5.41, 5.74) is 1.15. The molecule has 0 aliphatic carbocycles. The third-order valence-electron chi connectivity index (χ3n) is 3.03. The van der Waals surface area contributed by atoms with E-state index < -0.39 is 4.92 Å². The minimum absolute atomic E-state index is 0.0650. The molecule has 0 saturated heterocycles. The number of rotatable bonds is 6. The molecule has 0 atom stereocenters. The fourth-order valence-corrected chi connectivity index (χ4v) is 2.65. The molecular formula is C13H12N6O3S. The van der Waals surface area contributed by atoms with Crippen molar-refractivity contribution < 1.29 is 9.66 Å². The molecule has 9 nitrogen and oxygen atoms in total. The van der Waals surface area contributed by atoms with Crippen molar-refractivity contribution in [2.45, 2.75) is 20.0 Å². The predicted molar refractivity (Wildman–Crippen MR) is 81.6 cm³/mol. The fourth-order valence-electron chi connectivity index (χ4n) is 1.92. The Bertz CT molecular complexity index is 817. The van der Waals surface area contributed by atoms with E-state index in [1.807, 2.05) is 12.3 Å². The van der Waals surface area contributed by atoms with Crippen LogP contribution in [0, 0.1) is 10.1 Å². The summed E-state index contributed by atoms with van der Waals surface area (Å²) >= 11 is 1.58. The Hall–Kier alpha value is -2.88. The summed E-state index contributed by atoms with van der Waals surface area (Å²) in [5.74, 6) is 0.439. The third kappa shape index (κ3) is 3.31. The number of nitrogens with zero attached hydrogens (tertiary/aromatic N) is 6. The largest absolute Gasteiger partial charge is 0.485 e. The Kier molecular flexibility index (Phi) is 4.24. The molecule has 2 aromatic heterocycles. The number of ether oxygens (including phenoxy) is 1. The second kappa shape index (κ2) is 6.48. The van der Waals surface area contributed by atoms with Crippen LogP contribution >= 0.6 is 11.3 Å². The zero-order valence-electron chi connectivity index (χ0n) is 12.1. The van der Waals surface area contributed by atoms with Gasteiger partial charge in [0.25, 0.3) is 5.69 Å². The summed E-state index contributed by atoms with van der Waals surface area (Å²) in [6.45, 7) is 2.30. The smallest absolute Gasteiger partial charge is 0.271 e. The lowest BCUT2D eigenvalue weighted by atomic mass is 10.2. The van der Waals surface area contributed by atoms with E-state index in [1.54, 1.807) is 11.3 Å². The molecule has 118 valence electrons. The number of benzene rings is 1. The predicted octanol–water partition coefficient (Wildman–Crippen LogP) is 2.17. The van der Waals surface area contributed by atoms with Crippen LogP contribution in [0.1, 0.15) is 17.6 Å². The van der Waals surface area contributed by atoms with E-state index in [2.05, 4.69) is 20.5 Å². The molecule has 0 spiro atoms. The normalized spacial score (nSPS) is 10.7. The number of nitro benzene ring substituents is 1. The monoisotopic (exact) mass is 332 g/mol. The molecule has 0 amide bonds. The first-order valence-corrected chi connectivity index (χ1v) is 7.63. The highest BCUT2D eigenvalue weighted by atomic mass is 32.1. The first-order chi connectivity index (χ1) is 11.2. The van der Waals surface area contributed by atoms with E-state index in [-0.39, 0.29) is 12.3 Å². The van der Waals surface area contributed by atoms with Crippen LogP contribution in [0.3, 0.4) is 0 Å². The van der Waals surface area contributed by atoms with Crippen LogP contribution in [-0.2, 0) is 13.0 Å². The number of hydrogen-bond acceptors (Lipinski definition) is 8. The minimum Gasteiger partial charge on any atom is -0.485 e. The molecule has 23 heavy (non-hydrogen) atoms. The Morgan fingerprint density at radius 3 is 2.96 bits per heavy atom. The van der Waals surface area contributed by atoms with E-state index in [9.17, 15) is 10.1 Å². The molecular weight excluding hydrogens is 320 g/mol. The van der Waals surface area contributed by atoms with Gasteiger partial charge >= 0.3 is 0 Å². The van der Waals surface area contributed by atoms with Gasteiger partial charge in [0.15, 0.2) is 0 Å². The SMILES string of the molecule is CCc1nc(COc2ccc([N+](=O)[O-])cc2-n2cnnn2)cs1. The highest BCUT2D eigenvalue weighted by Gasteiger charge is 2.15. The molecule has 3 aromatic rings. The van der Waals surface area contributed by atoms with Gasteiger partial charge in [-0.05, 0) is 22.9 Å². The van der Waals surface area contributed by atoms with Crippen LogP contribution in [0.25, 0.3) is 5.69 Å². The molecule has 0 radical (unpaired) electrons. The standard InChI is InChI=1S/C13H12N6O3S/c1-2-13-15-9(7-23-13)6-22-12-4-3-10(19(20)21)5-11(12)18-8-14-16-17-18/h3-5,7-8H,2,6H2,1H3. The summed E-state index contributed by atoms with van der Waals surface area (Å²) in [6, 6.07) is 4.27. The number of thiazole rings is 1. The van der Waals surface area contributed by atoms with Crippen molar-refractivity contribution in [2.24, 2.45) is 0 Å². The summed E-state index contributed by atoms with van der Waals surface area (Å²) in [5, 5.41) is 24.8. The number of nitro groups is 1. The zero-order valence-corrected chi connectivity index (χ0v) is 12.9. The van der Waals surface area contributed by atoms with E-state index in [1.165, 1.54) is 29.2 Å². The number of tetrazole rings is 1. The van der Waals surface area contributed by atoms with Gasteiger partial charge in [0.2, 0.25) is 0 Å². The van der Waals surface area contributed by atoms with Gasteiger partial charge in [0, 0.05) is 17.5 Å². The van der Waals surface area contributed by atoms with Crippen LogP contribution in [0.15, 0.2) is 29.9 Å². The Morgan fingerprint density at radius 1 is 1.43 bits per heavy atom. The summed E-state index contributed by atoms with van der Waals surface area (Å²) in [7, 11) is 0. The lowest BCUT2D eigenvalue weighted by molar-refractivity contribution is -0.384. The van der Waals surface area contributed by atoms with Gasteiger partial charge < -0.3 is 4.74 Å². The van der Waals surface area contributed by atoms with Gasteiger partial charge in [0.1, 0.15) is 24.4 Å². The van der Waals surface area contributed by atoms with Crippen molar-refractivity contribution in [2.75, 3.05) is 0 Å². The topological polar surface area (TPSA) is 109 Å². The average Bonchev–Trinajstić information content (AvgIpc) is 3.24. The van der Waals surface area contributed by atoms with E-state index in [0.29, 0.717) is 11.4 Å². The number of aryl methyl sites for hydroxylation is 1. The quantitative estimate of drug-likeness (QED) is 0.502. The van der Waals surface area contributed by atoms with Gasteiger partial charge in [-0.15, -0.1) is 16.4 Å². The maximum atomic E-state index is 10.9. The van der Waals surface area contributed by atoms with Gasteiger partial charge in [-0.2, -0.15) is 4.68 Å². The minimum atomic E-state index is -0.481. The number of hydrogen-bond donors (Lipinski definition) is 0. The average molecular weight is 332 g/mol. The molecule has 0 N–H and O–H groups in total. The second-order valence-corrected chi connectivity index (χ2v) is 5.48. The van der Waals surface area contributed by atoms with Crippen LogP contribution < -0.4 is 4.74 Å². The molecule has 1 aromatic carbocycles. The van der Waals surface area contributed by atoms with Gasteiger partial charge in [-0.25, -0.2) is 4.98 Å². The summed E-state index contributed by atoms with van der Waals surface area (Å²) in [4.78, 5) is 14.9. The van der Waals surface area contributed by atoms with Crippen molar-refractivity contribution >= 4 is 17.0 Å². The fraction of sp³-hybridized carbons (Fsp3) is 0.231. The van der Waals surface area contributed by atoms with Crippen LogP contribution in [-0.4, -0.2) is 30.1 Å². The molecule has 0 aliphatic rings. The van der Waals surface area contributed by atoms with E-state index in [4.69, 9.17) is 4.74 Å². The Labute approximate surface area is 134 Å². The highest BCUT2D eigenvalue weighted by Crippen LogP contribution is 2.27. The summed E-state index contributed by atoms with van der Waals surface area (Å²) < 4.78 is 7.07. The number of non-ortho nitro benzene ring substituents is 1. The molecule has 0 unspecified atom stereocenters. The first-order valence-electron chi connectivity index (χ1n) is 6.75. The highest BCUT2D eigenvalue weighted by molar-refractivity contribution is 7.09. The third-order valence-corrected chi connectivity index (χ3v) is 4.07. The first kappa shape index (κ1) is 15.0. The summed E-state index contributed by atoms with van der Waals surface area (Å²) in [6.07, 6.45) is 2.22. The molecule has 3 rings (SSSR count). The van der Waals surface area contributed by atoms with E-state index in [0.717, 1.165) is 17.1 Å². The zero-order chi connectivity index (χ0) is 16.2. The second-order valence-electron chi connectivity index (χ2n) is 4.54.